The van der Waals surface area contributed by atoms with Crippen LogP contribution in [0.5, 0.6) is 11.5 Å². The third-order valence-corrected chi connectivity index (χ3v) is 2.83. The van der Waals surface area contributed by atoms with Crippen LogP contribution in [-0.2, 0) is 4.79 Å². The number of amides is 1. The van der Waals surface area contributed by atoms with E-state index in [-0.39, 0.29) is 18.2 Å². The number of ether oxygens (including phenoxy) is 1. The fourth-order valence-electron chi connectivity index (χ4n) is 1.73. The summed E-state index contributed by atoms with van der Waals surface area (Å²) in [6, 6.07) is 14.2. The van der Waals surface area contributed by atoms with Gasteiger partial charge in [0.05, 0.1) is 19.9 Å². The molecule has 2 aromatic rings. The largest absolute Gasteiger partial charge is 0.504 e. The first-order valence-corrected chi connectivity index (χ1v) is 6.67. The van der Waals surface area contributed by atoms with Gasteiger partial charge in [0, 0.05) is 5.69 Å². The number of phenolic OH excluding ortho intramolecular Hbond substituents is 1. The molecule has 3 N–H and O–H groups in total. The Hall–Kier alpha value is -3.02. The van der Waals surface area contributed by atoms with Gasteiger partial charge in [0.2, 0.25) is 0 Å². The highest BCUT2D eigenvalue weighted by molar-refractivity contribution is 5.84. The molecule has 1 amide bonds. The predicted molar refractivity (Wildman–Crippen MR) is 85.3 cm³/mol. The third kappa shape index (κ3) is 4.52. The lowest BCUT2D eigenvalue weighted by Gasteiger charge is -2.05. The van der Waals surface area contributed by atoms with Crippen LogP contribution in [0.25, 0.3) is 0 Å². The quantitative estimate of drug-likeness (QED) is 0.562. The maximum atomic E-state index is 11.6. The number of hydrogen-bond donors (Lipinski definition) is 3. The van der Waals surface area contributed by atoms with Crippen LogP contribution < -0.4 is 15.5 Å². The van der Waals surface area contributed by atoms with Crippen molar-refractivity contribution in [1.82, 2.24) is 5.43 Å². The Kier molecular flexibility index (Phi) is 5.37. The van der Waals surface area contributed by atoms with Gasteiger partial charge in [-0.25, -0.2) is 5.43 Å². The number of nitrogens with one attached hydrogen (secondary N) is 2. The van der Waals surface area contributed by atoms with Gasteiger partial charge in [-0.1, -0.05) is 18.2 Å². The van der Waals surface area contributed by atoms with Gasteiger partial charge < -0.3 is 15.2 Å². The summed E-state index contributed by atoms with van der Waals surface area (Å²) in [5.41, 5.74) is 3.98. The fraction of sp³-hybridized carbons (Fsp3) is 0.125. The first-order valence-electron chi connectivity index (χ1n) is 6.67. The molecule has 0 saturated carbocycles. The number of methoxy groups -OCH3 is 1. The number of phenols is 1. The average molecular weight is 299 g/mol. The second-order valence-electron chi connectivity index (χ2n) is 4.44. The number of benzene rings is 2. The van der Waals surface area contributed by atoms with Crippen LogP contribution in [0, 0.1) is 0 Å². The molecule has 22 heavy (non-hydrogen) atoms. The van der Waals surface area contributed by atoms with Gasteiger partial charge in [0.25, 0.3) is 5.91 Å². The molecule has 6 heteroatoms. The number of para-hydroxylation sites is 1. The molecule has 0 saturated heterocycles. The number of carbonyl (C=O) groups is 1. The Bertz CT molecular complexity index is 657. The first kappa shape index (κ1) is 15.4. The lowest BCUT2D eigenvalue weighted by atomic mass is 10.2. The second kappa shape index (κ2) is 7.68. The zero-order chi connectivity index (χ0) is 15.8. The van der Waals surface area contributed by atoms with Gasteiger partial charge in [-0.15, -0.1) is 0 Å². The van der Waals surface area contributed by atoms with E-state index < -0.39 is 0 Å². The van der Waals surface area contributed by atoms with E-state index in [4.69, 9.17) is 4.74 Å². The van der Waals surface area contributed by atoms with Crippen LogP contribution in [0.15, 0.2) is 53.6 Å². The summed E-state index contributed by atoms with van der Waals surface area (Å²) in [7, 11) is 1.47. The van der Waals surface area contributed by atoms with Crippen LogP contribution in [-0.4, -0.2) is 30.9 Å². The van der Waals surface area contributed by atoms with Crippen molar-refractivity contribution >= 4 is 17.8 Å². The Balaban J connectivity index is 1.83. The van der Waals surface area contributed by atoms with Gasteiger partial charge in [0.15, 0.2) is 11.5 Å². The summed E-state index contributed by atoms with van der Waals surface area (Å²) in [6.45, 7) is 0.125. The average Bonchev–Trinajstić information content (AvgIpc) is 2.55. The molecule has 0 aliphatic carbocycles. The number of hydrazone groups is 1. The van der Waals surface area contributed by atoms with Gasteiger partial charge in [0.1, 0.15) is 0 Å². The van der Waals surface area contributed by atoms with Crippen LogP contribution >= 0.6 is 0 Å². The first-order chi connectivity index (χ1) is 10.7. The number of nitrogens with zero attached hydrogens (tertiary/aromatic N) is 1. The van der Waals surface area contributed by atoms with Gasteiger partial charge in [-0.2, -0.15) is 5.10 Å². The SMILES string of the molecule is COc1cc(/C=N/NC(=O)CNc2ccccc2)ccc1O. The Labute approximate surface area is 128 Å². The molecule has 0 heterocycles. The maximum absolute atomic E-state index is 11.6. The molecule has 0 atom stereocenters. The summed E-state index contributed by atoms with van der Waals surface area (Å²) in [6.07, 6.45) is 1.47. The summed E-state index contributed by atoms with van der Waals surface area (Å²) in [5.74, 6) is 0.141. The predicted octanol–water partition coefficient (Wildman–Crippen LogP) is 1.96. The molecule has 6 nitrogen and oxygen atoms in total. The summed E-state index contributed by atoms with van der Waals surface area (Å²) in [4.78, 5) is 11.6. The topological polar surface area (TPSA) is 83.0 Å². The van der Waals surface area contributed by atoms with Crippen molar-refractivity contribution in [2.45, 2.75) is 0 Å². The lowest BCUT2D eigenvalue weighted by molar-refractivity contribution is -0.119. The molecule has 0 aliphatic rings. The third-order valence-electron chi connectivity index (χ3n) is 2.83. The summed E-state index contributed by atoms with van der Waals surface area (Å²) < 4.78 is 4.99. The molecule has 0 spiro atoms. The maximum Gasteiger partial charge on any atom is 0.259 e. The Morgan fingerprint density at radius 2 is 2.05 bits per heavy atom. The molecule has 0 unspecified atom stereocenters. The molecule has 114 valence electrons. The van der Waals surface area contributed by atoms with E-state index in [9.17, 15) is 9.90 Å². The van der Waals surface area contributed by atoms with Crippen molar-refractivity contribution in [2.24, 2.45) is 5.10 Å². The van der Waals surface area contributed by atoms with Gasteiger partial charge >= 0.3 is 0 Å². The van der Waals surface area contributed by atoms with E-state index in [1.54, 1.807) is 12.1 Å². The fourth-order valence-corrected chi connectivity index (χ4v) is 1.73. The Morgan fingerprint density at radius 1 is 1.27 bits per heavy atom. The second-order valence-corrected chi connectivity index (χ2v) is 4.44. The van der Waals surface area contributed by atoms with Gasteiger partial charge in [-0.3, -0.25) is 4.79 Å². The minimum absolute atomic E-state index is 0.0516. The van der Waals surface area contributed by atoms with Crippen LogP contribution in [0.1, 0.15) is 5.56 Å². The number of anilines is 1. The molecular formula is C16H17N3O3. The molecule has 0 bridgehead atoms. The van der Waals surface area contributed by atoms with Crippen molar-refractivity contribution in [2.75, 3.05) is 19.0 Å². The van der Waals surface area contributed by atoms with Crippen molar-refractivity contribution in [3.8, 4) is 11.5 Å². The minimum atomic E-state index is -0.258. The van der Waals surface area contributed by atoms with E-state index in [2.05, 4.69) is 15.8 Å². The minimum Gasteiger partial charge on any atom is -0.504 e. The Morgan fingerprint density at radius 3 is 2.77 bits per heavy atom. The normalized spacial score (nSPS) is 10.4. The van der Waals surface area contributed by atoms with Crippen LogP contribution in [0.2, 0.25) is 0 Å². The van der Waals surface area contributed by atoms with Crippen molar-refractivity contribution in [3.63, 3.8) is 0 Å². The van der Waals surface area contributed by atoms with Crippen molar-refractivity contribution in [3.05, 3.63) is 54.1 Å². The van der Waals surface area contributed by atoms with E-state index in [0.29, 0.717) is 11.3 Å². The molecule has 0 fully saturated rings. The number of hydrogen-bond acceptors (Lipinski definition) is 5. The molecule has 2 aromatic carbocycles. The monoisotopic (exact) mass is 299 g/mol. The summed E-state index contributed by atoms with van der Waals surface area (Å²) >= 11 is 0. The van der Waals surface area contributed by atoms with Crippen molar-refractivity contribution in [1.29, 1.82) is 0 Å². The standard InChI is InChI=1S/C16H17N3O3/c1-22-15-9-12(7-8-14(15)20)10-18-19-16(21)11-17-13-5-3-2-4-6-13/h2-10,17,20H,11H2,1H3,(H,19,21)/b18-10+. The number of rotatable bonds is 6. The smallest absolute Gasteiger partial charge is 0.259 e. The molecule has 0 aromatic heterocycles. The van der Waals surface area contributed by atoms with E-state index in [0.717, 1.165) is 5.69 Å². The highest BCUT2D eigenvalue weighted by Crippen LogP contribution is 2.25. The zero-order valence-electron chi connectivity index (χ0n) is 12.1. The van der Waals surface area contributed by atoms with E-state index in [1.165, 1.54) is 19.4 Å². The van der Waals surface area contributed by atoms with E-state index in [1.807, 2.05) is 30.3 Å². The molecule has 0 radical (unpaired) electrons. The number of aromatic hydroxyl groups is 1. The highest BCUT2D eigenvalue weighted by Gasteiger charge is 2.01. The highest BCUT2D eigenvalue weighted by atomic mass is 16.5. The molecular weight excluding hydrogens is 282 g/mol. The van der Waals surface area contributed by atoms with Crippen molar-refractivity contribution < 1.29 is 14.6 Å². The number of carbonyl (C=O) groups excluding carboxylic acids is 1. The van der Waals surface area contributed by atoms with Crippen LogP contribution in [0.3, 0.4) is 0 Å². The zero-order valence-corrected chi connectivity index (χ0v) is 12.1. The molecule has 2 rings (SSSR count). The molecule has 0 aliphatic heterocycles. The van der Waals surface area contributed by atoms with E-state index >= 15 is 0 Å². The summed E-state index contributed by atoms with van der Waals surface area (Å²) in [5, 5.41) is 16.3. The van der Waals surface area contributed by atoms with Gasteiger partial charge in [-0.05, 0) is 35.9 Å². The lowest BCUT2D eigenvalue weighted by Crippen LogP contribution is -2.25. The van der Waals surface area contributed by atoms with Crippen LogP contribution in [0.4, 0.5) is 5.69 Å².